The number of rotatable bonds is 6. The normalized spacial score (nSPS) is 11.3. The average molecular weight is 414 g/mol. The monoisotopic (exact) mass is 414 g/mol. The van der Waals surface area contributed by atoms with Crippen LogP contribution in [-0.4, -0.2) is 19.3 Å². The van der Waals surface area contributed by atoms with Crippen LogP contribution in [0.5, 0.6) is 0 Å². The van der Waals surface area contributed by atoms with Crippen LogP contribution in [0.2, 0.25) is 0 Å². The van der Waals surface area contributed by atoms with Crippen molar-refractivity contribution in [2.45, 2.75) is 22.8 Å². The van der Waals surface area contributed by atoms with E-state index in [1.807, 2.05) is 34.9 Å². The minimum Gasteiger partial charge on any atom is -0.339 e. The third-order valence-corrected chi connectivity index (χ3v) is 6.82. The van der Waals surface area contributed by atoms with Crippen molar-refractivity contribution in [1.82, 2.24) is 4.57 Å². The highest BCUT2D eigenvalue weighted by Crippen LogP contribution is 2.35. The molecule has 1 heterocycles. The number of aromatic nitrogens is 1. The van der Waals surface area contributed by atoms with Gasteiger partial charge in [-0.05, 0) is 35.9 Å². The van der Waals surface area contributed by atoms with E-state index in [1.54, 1.807) is 48.5 Å². The van der Waals surface area contributed by atoms with E-state index >= 15 is 0 Å². The fourth-order valence-electron chi connectivity index (χ4n) is 3.68. The number of hydrogen-bond acceptors (Lipinski definition) is 4. The third kappa shape index (κ3) is 3.30. The molecule has 0 amide bonds. The van der Waals surface area contributed by atoms with Gasteiger partial charge in [-0.2, -0.15) is 5.26 Å². The summed E-state index contributed by atoms with van der Waals surface area (Å²) < 4.78 is 28.1. The van der Waals surface area contributed by atoms with Gasteiger partial charge in [0.1, 0.15) is 0 Å². The molecule has 4 rings (SSSR count). The molecule has 0 fully saturated rings. The topological polar surface area (TPSA) is 79.9 Å². The van der Waals surface area contributed by atoms with Crippen LogP contribution in [0.1, 0.15) is 16.8 Å². The van der Waals surface area contributed by atoms with E-state index in [2.05, 4.69) is 6.07 Å². The van der Waals surface area contributed by atoms with Crippen molar-refractivity contribution in [2.24, 2.45) is 0 Å². The first-order valence-corrected chi connectivity index (χ1v) is 10.9. The first-order valence-electron chi connectivity index (χ1n) is 9.42. The minimum atomic E-state index is -3.72. The average Bonchev–Trinajstić information content (AvgIpc) is 3.11. The molecular formula is C24H18N2O3S. The summed E-state index contributed by atoms with van der Waals surface area (Å²) in [5.41, 5.74) is 2.66. The maximum Gasteiger partial charge on any atom is 0.206 e. The Morgan fingerprint density at radius 2 is 1.57 bits per heavy atom. The fourth-order valence-corrected chi connectivity index (χ4v) is 4.99. The smallest absolute Gasteiger partial charge is 0.206 e. The molecule has 0 unspecified atom stereocenters. The maximum absolute atomic E-state index is 13.1. The van der Waals surface area contributed by atoms with E-state index in [0.29, 0.717) is 23.2 Å². The molecule has 0 N–H and O–H groups in total. The van der Waals surface area contributed by atoms with Gasteiger partial charge in [0.05, 0.1) is 28.0 Å². The SMILES string of the molecule is N#CCCn1c(-c2ccccc2)c(C=O)c2cc(S(=O)(=O)c3ccccc3)ccc21. The van der Waals surface area contributed by atoms with Crippen LogP contribution in [0.4, 0.5) is 0 Å². The highest BCUT2D eigenvalue weighted by atomic mass is 32.2. The van der Waals surface area contributed by atoms with Crippen molar-refractivity contribution in [3.63, 3.8) is 0 Å². The van der Waals surface area contributed by atoms with Gasteiger partial charge in [0.15, 0.2) is 6.29 Å². The fraction of sp³-hybridized carbons (Fsp3) is 0.0833. The molecule has 6 heteroatoms. The largest absolute Gasteiger partial charge is 0.339 e. The first kappa shape index (κ1) is 19.6. The van der Waals surface area contributed by atoms with E-state index in [9.17, 15) is 13.2 Å². The van der Waals surface area contributed by atoms with E-state index in [-0.39, 0.29) is 16.2 Å². The van der Waals surface area contributed by atoms with Crippen LogP contribution in [0.25, 0.3) is 22.2 Å². The molecule has 0 radical (unpaired) electrons. The second-order valence-electron chi connectivity index (χ2n) is 6.80. The van der Waals surface area contributed by atoms with Crippen LogP contribution in [0.3, 0.4) is 0 Å². The number of nitriles is 1. The molecule has 0 aliphatic carbocycles. The zero-order valence-electron chi connectivity index (χ0n) is 16.0. The van der Waals surface area contributed by atoms with Crippen molar-refractivity contribution in [2.75, 3.05) is 0 Å². The quantitative estimate of drug-likeness (QED) is 0.422. The molecule has 0 aliphatic rings. The van der Waals surface area contributed by atoms with Crippen LogP contribution < -0.4 is 0 Å². The lowest BCUT2D eigenvalue weighted by atomic mass is 10.1. The number of carbonyl (C=O) groups is 1. The molecule has 0 saturated carbocycles. The standard InChI is InChI=1S/C24H18N2O3S/c25-14-7-15-26-23-13-12-20(30(28,29)19-10-5-2-6-11-19)16-21(23)22(17-27)24(26)18-8-3-1-4-9-18/h1-6,8-13,16-17H,7,15H2. The van der Waals surface area contributed by atoms with Gasteiger partial charge in [-0.15, -0.1) is 0 Å². The second kappa shape index (κ2) is 7.97. The number of benzene rings is 3. The molecule has 3 aromatic carbocycles. The molecule has 4 aromatic rings. The maximum atomic E-state index is 13.1. The Kier molecular flexibility index (Phi) is 5.21. The molecule has 0 bridgehead atoms. The molecule has 0 atom stereocenters. The molecule has 30 heavy (non-hydrogen) atoms. The van der Waals surface area contributed by atoms with Gasteiger partial charge in [0.25, 0.3) is 0 Å². The van der Waals surface area contributed by atoms with E-state index in [0.717, 1.165) is 17.4 Å². The number of aryl methyl sites for hydroxylation is 1. The summed E-state index contributed by atoms with van der Waals surface area (Å²) in [5, 5.41) is 9.64. The summed E-state index contributed by atoms with van der Waals surface area (Å²) in [4.78, 5) is 12.4. The Bertz CT molecular complexity index is 1370. The minimum absolute atomic E-state index is 0.126. The Labute approximate surface area is 174 Å². The van der Waals surface area contributed by atoms with Crippen molar-refractivity contribution in [3.8, 4) is 17.3 Å². The Balaban J connectivity index is 1.99. The highest BCUT2D eigenvalue weighted by Gasteiger charge is 2.22. The highest BCUT2D eigenvalue weighted by molar-refractivity contribution is 7.91. The van der Waals surface area contributed by atoms with E-state index < -0.39 is 9.84 Å². The predicted octanol–water partition coefficient (Wildman–Crippen LogP) is 4.87. The molecule has 1 aromatic heterocycles. The summed E-state index contributed by atoms with van der Waals surface area (Å²) in [6.45, 7) is 0.399. The van der Waals surface area contributed by atoms with Gasteiger partial charge < -0.3 is 4.57 Å². The van der Waals surface area contributed by atoms with E-state index in [4.69, 9.17) is 5.26 Å². The lowest BCUT2D eigenvalue weighted by molar-refractivity contribution is 0.112. The number of fused-ring (bicyclic) bond motifs is 1. The number of carbonyl (C=O) groups excluding carboxylic acids is 1. The van der Waals surface area contributed by atoms with Crippen LogP contribution in [0.15, 0.2) is 88.7 Å². The molecular weight excluding hydrogens is 396 g/mol. The molecule has 0 spiro atoms. The summed E-state index contributed by atoms with van der Waals surface area (Å²) in [5.74, 6) is 0. The zero-order chi connectivity index (χ0) is 21.1. The van der Waals surface area contributed by atoms with E-state index in [1.165, 1.54) is 0 Å². The first-order chi connectivity index (χ1) is 14.6. The van der Waals surface area contributed by atoms with Crippen molar-refractivity contribution >= 4 is 27.0 Å². The summed E-state index contributed by atoms with van der Waals surface area (Å²) in [6.07, 6.45) is 1.03. The van der Waals surface area contributed by atoms with Crippen LogP contribution in [0, 0.1) is 11.3 Å². The van der Waals surface area contributed by atoms with Gasteiger partial charge in [-0.25, -0.2) is 8.42 Å². The van der Waals surface area contributed by atoms with Crippen molar-refractivity contribution in [1.29, 1.82) is 5.26 Å². The second-order valence-corrected chi connectivity index (χ2v) is 8.75. The van der Waals surface area contributed by atoms with Crippen LogP contribution in [-0.2, 0) is 16.4 Å². The Morgan fingerprint density at radius 1 is 0.900 bits per heavy atom. The third-order valence-electron chi connectivity index (χ3n) is 5.05. The lowest BCUT2D eigenvalue weighted by Crippen LogP contribution is -2.02. The number of nitrogens with zero attached hydrogens (tertiary/aromatic N) is 2. The zero-order valence-corrected chi connectivity index (χ0v) is 16.8. The van der Waals surface area contributed by atoms with Gasteiger partial charge in [0.2, 0.25) is 9.84 Å². The summed E-state index contributed by atoms with van der Waals surface area (Å²) >= 11 is 0. The van der Waals surface area contributed by atoms with Crippen molar-refractivity contribution < 1.29 is 13.2 Å². The number of hydrogen-bond donors (Lipinski definition) is 0. The molecule has 5 nitrogen and oxygen atoms in total. The van der Waals surface area contributed by atoms with Gasteiger partial charge in [-0.3, -0.25) is 4.79 Å². The van der Waals surface area contributed by atoms with Gasteiger partial charge in [0, 0.05) is 23.0 Å². The van der Waals surface area contributed by atoms with Gasteiger partial charge in [-0.1, -0.05) is 48.5 Å². The molecule has 0 aliphatic heterocycles. The predicted molar refractivity (Wildman–Crippen MR) is 115 cm³/mol. The molecule has 148 valence electrons. The number of aldehydes is 1. The van der Waals surface area contributed by atoms with Crippen molar-refractivity contribution in [3.05, 3.63) is 84.4 Å². The van der Waals surface area contributed by atoms with Gasteiger partial charge >= 0.3 is 0 Å². The number of sulfone groups is 1. The summed E-state index contributed by atoms with van der Waals surface area (Å²) in [7, 11) is -3.72. The van der Waals surface area contributed by atoms with Crippen LogP contribution >= 0.6 is 0 Å². The Hall–Kier alpha value is -3.69. The Morgan fingerprint density at radius 3 is 2.20 bits per heavy atom. The lowest BCUT2D eigenvalue weighted by Gasteiger charge is -2.10. The molecule has 0 saturated heterocycles. The summed E-state index contributed by atoms with van der Waals surface area (Å²) in [6, 6.07) is 24.6.